The summed E-state index contributed by atoms with van der Waals surface area (Å²) in [6.45, 7) is 6.04. The topological polar surface area (TPSA) is 35.8 Å². The summed E-state index contributed by atoms with van der Waals surface area (Å²) in [6, 6.07) is 10.6. The molecule has 1 unspecified atom stereocenters. The van der Waals surface area contributed by atoms with Crippen molar-refractivity contribution in [2.75, 3.05) is 6.54 Å². The van der Waals surface area contributed by atoms with Gasteiger partial charge in [0.2, 0.25) is 0 Å². The first-order chi connectivity index (χ1) is 7.76. The van der Waals surface area contributed by atoms with E-state index in [0.717, 1.165) is 19.5 Å². The first-order valence-electron chi connectivity index (χ1n) is 5.62. The Bertz CT molecular complexity index is 357. The molecule has 0 bridgehead atoms. The fourth-order valence-corrected chi connectivity index (χ4v) is 2.21. The zero-order valence-electron chi connectivity index (χ0n) is 9.86. The minimum atomic E-state index is 0.0128. The Morgan fingerprint density at radius 1 is 1.50 bits per heavy atom. The molecule has 0 aliphatic heterocycles. The summed E-state index contributed by atoms with van der Waals surface area (Å²) in [5.41, 5.74) is 1.28. The molecule has 86 valence electrons. The maximum Gasteiger partial charge on any atom is 0.0935 e. The van der Waals surface area contributed by atoms with E-state index < -0.39 is 0 Å². The van der Waals surface area contributed by atoms with Crippen molar-refractivity contribution >= 4 is 11.8 Å². The zero-order chi connectivity index (χ0) is 11.8. The van der Waals surface area contributed by atoms with Crippen molar-refractivity contribution in [2.24, 2.45) is 0 Å². The van der Waals surface area contributed by atoms with Crippen molar-refractivity contribution in [3.63, 3.8) is 0 Å². The molecular weight excluding hydrogens is 216 g/mol. The highest BCUT2D eigenvalue weighted by atomic mass is 32.2. The van der Waals surface area contributed by atoms with E-state index in [9.17, 15) is 0 Å². The molecule has 0 fully saturated rings. The van der Waals surface area contributed by atoms with Crippen molar-refractivity contribution in [3.8, 4) is 6.07 Å². The molecule has 2 nitrogen and oxygen atoms in total. The molecule has 1 aromatic carbocycles. The second kappa shape index (κ2) is 7.32. The highest BCUT2D eigenvalue weighted by Crippen LogP contribution is 2.23. The van der Waals surface area contributed by atoms with E-state index in [1.54, 1.807) is 11.8 Å². The summed E-state index contributed by atoms with van der Waals surface area (Å²) < 4.78 is 0. The molecule has 0 amide bonds. The summed E-state index contributed by atoms with van der Waals surface area (Å²) in [5, 5.41) is 12.1. The number of rotatable bonds is 6. The van der Waals surface area contributed by atoms with Crippen LogP contribution < -0.4 is 5.32 Å². The molecular formula is C13H18N2S. The van der Waals surface area contributed by atoms with Gasteiger partial charge in [-0.1, -0.05) is 19.1 Å². The lowest BCUT2D eigenvalue weighted by Gasteiger charge is -2.07. The summed E-state index contributed by atoms with van der Waals surface area (Å²) in [7, 11) is 0. The van der Waals surface area contributed by atoms with Gasteiger partial charge in [0.1, 0.15) is 0 Å². The fourth-order valence-electron chi connectivity index (χ4n) is 1.37. The molecule has 3 heteroatoms. The van der Waals surface area contributed by atoms with Gasteiger partial charge in [0.25, 0.3) is 0 Å². The summed E-state index contributed by atoms with van der Waals surface area (Å²) >= 11 is 1.61. The van der Waals surface area contributed by atoms with Crippen molar-refractivity contribution in [3.05, 3.63) is 29.8 Å². The minimum absolute atomic E-state index is 0.0128. The molecule has 16 heavy (non-hydrogen) atoms. The molecule has 0 saturated carbocycles. The lowest BCUT2D eigenvalue weighted by atomic mass is 10.2. The molecule has 0 spiro atoms. The van der Waals surface area contributed by atoms with Gasteiger partial charge in [0, 0.05) is 11.4 Å². The average Bonchev–Trinajstić information content (AvgIpc) is 2.30. The maximum atomic E-state index is 8.76. The third-order valence-electron chi connectivity index (χ3n) is 2.15. The third kappa shape index (κ3) is 4.69. The van der Waals surface area contributed by atoms with Gasteiger partial charge in [0.05, 0.1) is 11.3 Å². The van der Waals surface area contributed by atoms with E-state index >= 15 is 0 Å². The van der Waals surface area contributed by atoms with Crippen LogP contribution in [0.5, 0.6) is 0 Å². The van der Waals surface area contributed by atoms with Gasteiger partial charge in [-0.15, -0.1) is 11.8 Å². The Morgan fingerprint density at radius 3 is 3.00 bits per heavy atom. The summed E-state index contributed by atoms with van der Waals surface area (Å²) in [5.74, 6) is 0. The quantitative estimate of drug-likeness (QED) is 0.606. The first kappa shape index (κ1) is 13.1. The van der Waals surface area contributed by atoms with Crippen LogP contribution in [-0.2, 0) is 6.54 Å². The Balaban J connectivity index is 2.54. The number of benzene rings is 1. The maximum absolute atomic E-state index is 8.76. The van der Waals surface area contributed by atoms with Gasteiger partial charge in [-0.25, -0.2) is 0 Å². The van der Waals surface area contributed by atoms with Crippen LogP contribution in [0.1, 0.15) is 25.8 Å². The zero-order valence-corrected chi connectivity index (χ0v) is 10.7. The Hall–Kier alpha value is -0.980. The molecule has 1 aromatic rings. The van der Waals surface area contributed by atoms with Crippen LogP contribution in [0.3, 0.4) is 0 Å². The van der Waals surface area contributed by atoms with E-state index in [0.29, 0.717) is 0 Å². The van der Waals surface area contributed by atoms with Gasteiger partial charge in [0.15, 0.2) is 0 Å². The molecule has 0 saturated heterocycles. The molecule has 0 aromatic heterocycles. The molecule has 0 aliphatic carbocycles. The van der Waals surface area contributed by atoms with Crippen molar-refractivity contribution in [1.82, 2.24) is 5.32 Å². The smallest absolute Gasteiger partial charge is 0.0935 e. The van der Waals surface area contributed by atoms with Crippen LogP contribution in [0.2, 0.25) is 0 Å². The van der Waals surface area contributed by atoms with Crippen molar-refractivity contribution in [1.29, 1.82) is 5.26 Å². The molecule has 1 rings (SSSR count). The number of hydrogen-bond donors (Lipinski definition) is 1. The average molecular weight is 234 g/mol. The Labute approximate surface area is 102 Å². The summed E-state index contributed by atoms with van der Waals surface area (Å²) in [4.78, 5) is 1.17. The second-order valence-corrected chi connectivity index (χ2v) is 5.13. The summed E-state index contributed by atoms with van der Waals surface area (Å²) in [6.07, 6.45) is 1.15. The first-order valence-corrected chi connectivity index (χ1v) is 6.50. The molecule has 0 heterocycles. The monoisotopic (exact) mass is 234 g/mol. The standard InChI is InChI=1S/C13H18N2S/c1-3-7-15-10-12-5-4-6-13(8-12)16-11(2)9-14/h4-6,8,11,15H,3,7,10H2,1-2H3. The predicted molar refractivity (Wildman–Crippen MR) is 69.4 cm³/mol. The molecule has 0 radical (unpaired) electrons. The normalized spacial score (nSPS) is 12.1. The second-order valence-electron chi connectivity index (χ2n) is 3.71. The fraction of sp³-hybridized carbons (Fsp3) is 0.462. The van der Waals surface area contributed by atoms with Crippen LogP contribution in [0.15, 0.2) is 29.2 Å². The van der Waals surface area contributed by atoms with Crippen molar-refractivity contribution in [2.45, 2.75) is 37.0 Å². The Morgan fingerprint density at radius 2 is 2.31 bits per heavy atom. The molecule has 0 aliphatic rings. The van der Waals surface area contributed by atoms with Gasteiger partial charge >= 0.3 is 0 Å². The Kier molecular flexibility index (Phi) is 5.99. The minimum Gasteiger partial charge on any atom is -0.313 e. The van der Waals surface area contributed by atoms with Crippen LogP contribution in [-0.4, -0.2) is 11.8 Å². The number of nitrogens with one attached hydrogen (secondary N) is 1. The molecule has 1 N–H and O–H groups in total. The van der Waals surface area contributed by atoms with E-state index in [2.05, 4.69) is 42.6 Å². The van der Waals surface area contributed by atoms with E-state index in [4.69, 9.17) is 5.26 Å². The van der Waals surface area contributed by atoms with Crippen LogP contribution in [0.4, 0.5) is 0 Å². The number of hydrogen-bond acceptors (Lipinski definition) is 3. The third-order valence-corrected chi connectivity index (χ3v) is 3.13. The van der Waals surface area contributed by atoms with Gasteiger partial charge < -0.3 is 5.32 Å². The van der Waals surface area contributed by atoms with E-state index in [1.807, 2.05) is 6.92 Å². The number of nitriles is 1. The lowest BCUT2D eigenvalue weighted by molar-refractivity contribution is 0.674. The SMILES string of the molecule is CCCNCc1cccc(SC(C)C#N)c1. The van der Waals surface area contributed by atoms with E-state index in [1.165, 1.54) is 10.5 Å². The number of nitrogens with zero attached hydrogens (tertiary/aromatic N) is 1. The van der Waals surface area contributed by atoms with Crippen LogP contribution >= 0.6 is 11.8 Å². The predicted octanol–water partition coefficient (Wildman–Crippen LogP) is 3.19. The lowest BCUT2D eigenvalue weighted by Crippen LogP contribution is -2.13. The van der Waals surface area contributed by atoms with Crippen LogP contribution in [0, 0.1) is 11.3 Å². The van der Waals surface area contributed by atoms with E-state index in [-0.39, 0.29) is 5.25 Å². The number of thioether (sulfide) groups is 1. The largest absolute Gasteiger partial charge is 0.313 e. The van der Waals surface area contributed by atoms with Gasteiger partial charge in [-0.2, -0.15) is 5.26 Å². The molecule has 1 atom stereocenters. The van der Waals surface area contributed by atoms with Gasteiger partial charge in [-0.3, -0.25) is 0 Å². The highest BCUT2D eigenvalue weighted by molar-refractivity contribution is 8.00. The van der Waals surface area contributed by atoms with Gasteiger partial charge in [-0.05, 0) is 37.6 Å². The van der Waals surface area contributed by atoms with Crippen LogP contribution in [0.25, 0.3) is 0 Å². The van der Waals surface area contributed by atoms with Crippen molar-refractivity contribution < 1.29 is 0 Å². The highest BCUT2D eigenvalue weighted by Gasteiger charge is 2.02.